The minimum atomic E-state index is -0.269. The fourth-order valence-corrected chi connectivity index (χ4v) is 2.31. The summed E-state index contributed by atoms with van der Waals surface area (Å²) in [5.41, 5.74) is 4.93. The number of carbonyl (C=O) groups excluding carboxylic acids is 1. The first-order chi connectivity index (χ1) is 10.2. The molecule has 0 atom stereocenters. The van der Waals surface area contributed by atoms with Gasteiger partial charge in [-0.3, -0.25) is 9.78 Å². The lowest BCUT2D eigenvalue weighted by molar-refractivity contribution is 0.0955. The van der Waals surface area contributed by atoms with Crippen molar-refractivity contribution < 1.29 is 4.79 Å². The van der Waals surface area contributed by atoms with E-state index in [1.165, 1.54) is 0 Å². The van der Waals surface area contributed by atoms with E-state index in [9.17, 15) is 4.79 Å². The number of amides is 1. The van der Waals surface area contributed by atoms with Gasteiger partial charge in [0.05, 0.1) is 6.21 Å². The van der Waals surface area contributed by atoms with Crippen LogP contribution in [0.2, 0.25) is 0 Å². The van der Waals surface area contributed by atoms with E-state index < -0.39 is 0 Å². The fourth-order valence-electron chi connectivity index (χ4n) is 1.95. The van der Waals surface area contributed by atoms with Gasteiger partial charge in [0.15, 0.2) is 0 Å². The van der Waals surface area contributed by atoms with Gasteiger partial charge in [0.2, 0.25) is 0 Å². The van der Waals surface area contributed by atoms with Gasteiger partial charge in [-0.15, -0.1) is 0 Å². The maximum Gasteiger partial charge on any atom is 0.271 e. The number of carbonyl (C=O) groups is 1. The van der Waals surface area contributed by atoms with Gasteiger partial charge in [0.1, 0.15) is 0 Å². The maximum absolute atomic E-state index is 11.8. The fraction of sp³-hybridized carbons (Fsp3) is 0. The Labute approximate surface area is 129 Å². The Hall–Kier alpha value is -2.47. The molecular formula is C15H11BrN4O. The third-order valence-corrected chi connectivity index (χ3v) is 3.48. The summed E-state index contributed by atoms with van der Waals surface area (Å²) in [6, 6.07) is 9.20. The molecule has 0 spiro atoms. The van der Waals surface area contributed by atoms with Crippen molar-refractivity contribution in [2.24, 2.45) is 5.10 Å². The number of fused-ring (bicyclic) bond motifs is 1. The molecule has 0 radical (unpaired) electrons. The van der Waals surface area contributed by atoms with E-state index >= 15 is 0 Å². The summed E-state index contributed by atoms with van der Waals surface area (Å²) in [4.78, 5) is 18.8. The topological polar surface area (TPSA) is 70.1 Å². The molecular weight excluding hydrogens is 332 g/mol. The normalized spacial score (nSPS) is 11.1. The number of halogens is 1. The van der Waals surface area contributed by atoms with Gasteiger partial charge in [0.25, 0.3) is 5.91 Å². The summed E-state index contributed by atoms with van der Waals surface area (Å²) < 4.78 is 0.991. The van der Waals surface area contributed by atoms with Crippen LogP contribution in [0, 0.1) is 0 Å². The molecule has 2 aromatic heterocycles. The van der Waals surface area contributed by atoms with Crippen LogP contribution in [0.5, 0.6) is 0 Å². The highest BCUT2D eigenvalue weighted by molar-refractivity contribution is 9.10. The van der Waals surface area contributed by atoms with Gasteiger partial charge in [-0.05, 0) is 30.3 Å². The Balaban J connectivity index is 1.76. The lowest BCUT2D eigenvalue weighted by Crippen LogP contribution is -2.17. The molecule has 0 unspecified atom stereocenters. The molecule has 2 heterocycles. The van der Waals surface area contributed by atoms with Crippen LogP contribution in [-0.2, 0) is 0 Å². The zero-order valence-electron chi connectivity index (χ0n) is 10.9. The SMILES string of the molecule is O=C(N/N=C\c1c[nH]c2ccc(Br)cc12)c1ccncc1. The lowest BCUT2D eigenvalue weighted by atomic mass is 10.2. The molecule has 0 saturated heterocycles. The van der Waals surface area contributed by atoms with Crippen LogP contribution < -0.4 is 5.43 Å². The molecule has 0 aliphatic rings. The second-order valence-corrected chi connectivity index (χ2v) is 5.28. The van der Waals surface area contributed by atoms with Crippen molar-refractivity contribution in [1.82, 2.24) is 15.4 Å². The van der Waals surface area contributed by atoms with E-state index in [1.54, 1.807) is 30.7 Å². The van der Waals surface area contributed by atoms with Gasteiger partial charge in [-0.2, -0.15) is 5.10 Å². The van der Waals surface area contributed by atoms with E-state index in [1.807, 2.05) is 24.4 Å². The van der Waals surface area contributed by atoms with Gasteiger partial charge in [0, 0.05) is 45.1 Å². The highest BCUT2D eigenvalue weighted by Crippen LogP contribution is 2.21. The molecule has 2 N–H and O–H groups in total. The smallest absolute Gasteiger partial charge is 0.271 e. The molecule has 0 fully saturated rings. The molecule has 1 amide bonds. The summed E-state index contributed by atoms with van der Waals surface area (Å²) in [5.74, 6) is -0.269. The first-order valence-corrected chi connectivity index (χ1v) is 7.03. The third-order valence-electron chi connectivity index (χ3n) is 2.99. The van der Waals surface area contributed by atoms with Gasteiger partial charge < -0.3 is 4.98 Å². The molecule has 21 heavy (non-hydrogen) atoms. The Kier molecular flexibility index (Phi) is 3.79. The zero-order valence-corrected chi connectivity index (χ0v) is 12.5. The molecule has 0 saturated carbocycles. The number of aromatic nitrogens is 2. The number of hydrogen-bond donors (Lipinski definition) is 2. The molecule has 3 aromatic rings. The minimum absolute atomic E-state index is 0.269. The summed E-state index contributed by atoms with van der Waals surface area (Å²) in [7, 11) is 0. The summed E-state index contributed by atoms with van der Waals surface area (Å²) in [5, 5.41) is 5.02. The Morgan fingerprint density at radius 3 is 2.90 bits per heavy atom. The number of rotatable bonds is 3. The first-order valence-electron chi connectivity index (χ1n) is 6.24. The molecule has 1 aromatic carbocycles. The molecule has 6 heteroatoms. The predicted octanol–water partition coefficient (Wildman–Crippen LogP) is 3.09. The van der Waals surface area contributed by atoms with Crippen LogP contribution in [0.4, 0.5) is 0 Å². The Bertz CT molecular complexity index is 811. The van der Waals surface area contributed by atoms with E-state index in [4.69, 9.17) is 0 Å². The van der Waals surface area contributed by atoms with Crippen LogP contribution in [-0.4, -0.2) is 22.1 Å². The van der Waals surface area contributed by atoms with E-state index in [-0.39, 0.29) is 5.91 Å². The Morgan fingerprint density at radius 2 is 2.10 bits per heavy atom. The van der Waals surface area contributed by atoms with Crippen LogP contribution in [0.3, 0.4) is 0 Å². The molecule has 5 nitrogen and oxygen atoms in total. The Morgan fingerprint density at radius 1 is 1.29 bits per heavy atom. The molecule has 3 rings (SSSR count). The number of nitrogens with zero attached hydrogens (tertiary/aromatic N) is 2. The third kappa shape index (κ3) is 3.00. The van der Waals surface area contributed by atoms with E-state index in [0.29, 0.717) is 5.56 Å². The second-order valence-electron chi connectivity index (χ2n) is 4.37. The zero-order chi connectivity index (χ0) is 14.7. The largest absolute Gasteiger partial charge is 0.361 e. The summed E-state index contributed by atoms with van der Waals surface area (Å²) in [6.45, 7) is 0. The molecule has 0 aliphatic heterocycles. The maximum atomic E-state index is 11.8. The number of H-pyrrole nitrogens is 1. The van der Waals surface area contributed by atoms with Crippen LogP contribution in [0.1, 0.15) is 15.9 Å². The van der Waals surface area contributed by atoms with Crippen molar-refractivity contribution >= 4 is 39.0 Å². The summed E-state index contributed by atoms with van der Waals surface area (Å²) >= 11 is 3.44. The average molecular weight is 343 g/mol. The predicted molar refractivity (Wildman–Crippen MR) is 85.3 cm³/mol. The van der Waals surface area contributed by atoms with E-state index in [0.717, 1.165) is 20.9 Å². The van der Waals surface area contributed by atoms with Gasteiger partial charge >= 0.3 is 0 Å². The number of benzene rings is 1. The van der Waals surface area contributed by atoms with Crippen LogP contribution >= 0.6 is 15.9 Å². The quantitative estimate of drug-likeness (QED) is 0.567. The second kappa shape index (κ2) is 5.88. The van der Waals surface area contributed by atoms with Crippen molar-refractivity contribution in [3.05, 3.63) is 64.5 Å². The van der Waals surface area contributed by atoms with Crippen LogP contribution in [0.25, 0.3) is 10.9 Å². The number of hydrogen-bond acceptors (Lipinski definition) is 3. The minimum Gasteiger partial charge on any atom is -0.361 e. The number of hydrazone groups is 1. The van der Waals surface area contributed by atoms with Crippen molar-refractivity contribution in [2.45, 2.75) is 0 Å². The van der Waals surface area contributed by atoms with Crippen LogP contribution in [0.15, 0.2) is 58.5 Å². The van der Waals surface area contributed by atoms with E-state index in [2.05, 4.69) is 36.4 Å². The number of aromatic amines is 1. The standard InChI is InChI=1S/C15H11BrN4O/c16-12-1-2-14-13(7-12)11(8-18-14)9-19-20-15(21)10-3-5-17-6-4-10/h1-9,18H,(H,20,21)/b19-9-. The highest BCUT2D eigenvalue weighted by atomic mass is 79.9. The lowest BCUT2D eigenvalue weighted by Gasteiger charge is -1.98. The molecule has 104 valence electrons. The van der Waals surface area contributed by atoms with Crippen molar-refractivity contribution in [3.8, 4) is 0 Å². The molecule has 0 aliphatic carbocycles. The van der Waals surface area contributed by atoms with Crippen molar-refractivity contribution in [1.29, 1.82) is 0 Å². The van der Waals surface area contributed by atoms with Crippen molar-refractivity contribution in [3.63, 3.8) is 0 Å². The summed E-state index contributed by atoms with van der Waals surface area (Å²) in [6.07, 6.45) is 6.59. The van der Waals surface area contributed by atoms with Gasteiger partial charge in [-0.1, -0.05) is 15.9 Å². The molecule has 0 bridgehead atoms. The average Bonchev–Trinajstić information content (AvgIpc) is 2.90. The number of pyridine rings is 1. The van der Waals surface area contributed by atoms with Gasteiger partial charge in [-0.25, -0.2) is 5.43 Å². The van der Waals surface area contributed by atoms with Crippen molar-refractivity contribution in [2.75, 3.05) is 0 Å². The first kappa shape index (κ1) is 13.5. The number of nitrogens with one attached hydrogen (secondary N) is 2. The monoisotopic (exact) mass is 342 g/mol. The highest BCUT2D eigenvalue weighted by Gasteiger charge is 2.04.